The summed E-state index contributed by atoms with van der Waals surface area (Å²) in [4.78, 5) is 17.5. The average Bonchev–Trinajstić information content (AvgIpc) is 2.67. The fraction of sp³-hybridized carbons (Fsp3) is 0.667. The topological polar surface area (TPSA) is 35.6 Å². The van der Waals surface area contributed by atoms with E-state index < -0.39 is 0 Å². The quantitative estimate of drug-likeness (QED) is 0.862. The van der Waals surface area contributed by atoms with Crippen LogP contribution < -0.4 is 5.32 Å². The Bertz CT molecular complexity index is 519. The Hall–Kier alpha value is -1.39. The van der Waals surface area contributed by atoms with E-state index in [2.05, 4.69) is 52.5 Å². The van der Waals surface area contributed by atoms with Crippen molar-refractivity contribution in [3.63, 3.8) is 0 Å². The van der Waals surface area contributed by atoms with Gasteiger partial charge in [-0.15, -0.1) is 0 Å². The lowest BCUT2D eigenvalue weighted by molar-refractivity contribution is -0.126. The third kappa shape index (κ3) is 5.55. The van der Waals surface area contributed by atoms with Gasteiger partial charge in [0.15, 0.2) is 0 Å². The molecule has 1 heterocycles. The largest absolute Gasteiger partial charge is 0.354 e. The summed E-state index contributed by atoms with van der Waals surface area (Å²) in [7, 11) is 2.19. The van der Waals surface area contributed by atoms with Crippen molar-refractivity contribution in [3.05, 3.63) is 35.9 Å². The first-order valence-corrected chi connectivity index (χ1v) is 9.96. The highest BCUT2D eigenvalue weighted by molar-refractivity contribution is 5.78. The van der Waals surface area contributed by atoms with E-state index in [-0.39, 0.29) is 11.8 Å². The lowest BCUT2D eigenvalue weighted by Crippen LogP contribution is -2.53. The number of carbonyl (C=O) groups excluding carboxylic acids is 1. The highest BCUT2D eigenvalue weighted by atomic mass is 16.1. The zero-order chi connectivity index (χ0) is 17.5. The van der Waals surface area contributed by atoms with Crippen LogP contribution in [0.25, 0.3) is 0 Å². The van der Waals surface area contributed by atoms with Crippen LogP contribution in [0, 0.1) is 5.92 Å². The van der Waals surface area contributed by atoms with Gasteiger partial charge in [0.2, 0.25) is 5.91 Å². The zero-order valence-electron chi connectivity index (χ0n) is 15.6. The molecule has 138 valence electrons. The van der Waals surface area contributed by atoms with Crippen molar-refractivity contribution in [2.45, 2.75) is 44.6 Å². The molecule has 1 aromatic carbocycles. The number of nitrogens with one attached hydrogen (secondary N) is 1. The van der Waals surface area contributed by atoms with Crippen molar-refractivity contribution in [2.75, 3.05) is 39.8 Å². The minimum Gasteiger partial charge on any atom is -0.354 e. The van der Waals surface area contributed by atoms with Gasteiger partial charge in [0, 0.05) is 44.7 Å². The molecule has 0 radical (unpaired) electrons. The predicted octanol–water partition coefficient (Wildman–Crippen LogP) is 2.54. The van der Waals surface area contributed by atoms with Gasteiger partial charge in [-0.1, -0.05) is 49.6 Å². The molecule has 1 amide bonds. The molecule has 2 aliphatic rings. The van der Waals surface area contributed by atoms with Gasteiger partial charge in [0.05, 0.1) is 0 Å². The SMILES string of the molecule is CN1CCN(C(CNC(=O)C2CCCCC2)Cc2ccccc2)CC1. The van der Waals surface area contributed by atoms with Crippen molar-refractivity contribution in [3.8, 4) is 0 Å². The summed E-state index contributed by atoms with van der Waals surface area (Å²) in [5.41, 5.74) is 1.36. The number of hydrogen-bond donors (Lipinski definition) is 1. The lowest BCUT2D eigenvalue weighted by Gasteiger charge is -2.38. The second kappa shape index (κ2) is 9.35. The minimum atomic E-state index is 0.249. The van der Waals surface area contributed by atoms with Gasteiger partial charge in [-0.2, -0.15) is 0 Å². The zero-order valence-corrected chi connectivity index (χ0v) is 15.6. The van der Waals surface area contributed by atoms with E-state index in [0.29, 0.717) is 6.04 Å². The Balaban J connectivity index is 1.58. The summed E-state index contributed by atoms with van der Waals surface area (Å²) < 4.78 is 0. The fourth-order valence-corrected chi connectivity index (χ4v) is 4.13. The Morgan fingerprint density at radius 3 is 2.44 bits per heavy atom. The van der Waals surface area contributed by atoms with Gasteiger partial charge in [-0.05, 0) is 31.9 Å². The standard InChI is InChI=1S/C21H33N3O/c1-23-12-14-24(15-13-23)20(16-18-8-4-2-5-9-18)17-22-21(25)19-10-6-3-7-11-19/h2,4-5,8-9,19-20H,3,6-7,10-17H2,1H3,(H,22,25). The lowest BCUT2D eigenvalue weighted by atomic mass is 9.88. The molecule has 4 heteroatoms. The van der Waals surface area contributed by atoms with Crippen LogP contribution in [-0.2, 0) is 11.2 Å². The molecule has 0 spiro atoms. The van der Waals surface area contributed by atoms with Crippen LogP contribution in [0.15, 0.2) is 30.3 Å². The van der Waals surface area contributed by atoms with Crippen molar-refractivity contribution in [1.29, 1.82) is 0 Å². The molecular formula is C21H33N3O. The molecule has 1 N–H and O–H groups in total. The summed E-state index contributed by atoms with van der Waals surface area (Å²) in [6, 6.07) is 11.1. The van der Waals surface area contributed by atoms with Gasteiger partial charge in [0.1, 0.15) is 0 Å². The maximum absolute atomic E-state index is 12.6. The summed E-state index contributed by atoms with van der Waals surface area (Å²) >= 11 is 0. The molecule has 1 aromatic rings. The van der Waals surface area contributed by atoms with E-state index in [1.165, 1.54) is 24.8 Å². The summed E-state index contributed by atoms with van der Waals surface area (Å²) in [6.45, 7) is 5.18. The van der Waals surface area contributed by atoms with Gasteiger partial charge < -0.3 is 10.2 Å². The van der Waals surface area contributed by atoms with Crippen molar-refractivity contribution in [1.82, 2.24) is 15.1 Å². The van der Waals surface area contributed by atoms with Gasteiger partial charge in [0.25, 0.3) is 0 Å². The molecule has 1 aliphatic heterocycles. The number of piperazine rings is 1. The molecule has 1 saturated heterocycles. The van der Waals surface area contributed by atoms with Crippen LogP contribution in [0.3, 0.4) is 0 Å². The number of rotatable bonds is 6. The number of carbonyl (C=O) groups is 1. The molecule has 1 atom stereocenters. The minimum absolute atomic E-state index is 0.249. The van der Waals surface area contributed by atoms with Gasteiger partial charge >= 0.3 is 0 Å². The van der Waals surface area contributed by atoms with Crippen LogP contribution in [0.2, 0.25) is 0 Å². The fourth-order valence-electron chi connectivity index (χ4n) is 4.13. The summed E-state index contributed by atoms with van der Waals surface area (Å²) in [6.07, 6.45) is 6.87. The third-order valence-electron chi connectivity index (χ3n) is 5.86. The second-order valence-corrected chi connectivity index (χ2v) is 7.76. The van der Waals surface area contributed by atoms with Gasteiger partial charge in [-0.3, -0.25) is 9.69 Å². The first-order valence-electron chi connectivity index (χ1n) is 9.96. The van der Waals surface area contributed by atoms with E-state index in [4.69, 9.17) is 0 Å². The average molecular weight is 344 g/mol. The van der Waals surface area contributed by atoms with E-state index in [1.54, 1.807) is 0 Å². The van der Waals surface area contributed by atoms with Crippen molar-refractivity contribution >= 4 is 5.91 Å². The normalized spacial score (nSPS) is 21.8. The maximum atomic E-state index is 12.6. The smallest absolute Gasteiger partial charge is 0.223 e. The number of hydrogen-bond acceptors (Lipinski definition) is 3. The first kappa shape index (κ1) is 18.4. The Morgan fingerprint density at radius 1 is 1.08 bits per heavy atom. The molecular weight excluding hydrogens is 310 g/mol. The molecule has 0 aromatic heterocycles. The molecule has 2 fully saturated rings. The van der Waals surface area contributed by atoms with Crippen LogP contribution in [-0.4, -0.2) is 61.5 Å². The van der Waals surface area contributed by atoms with E-state index in [9.17, 15) is 4.79 Å². The predicted molar refractivity (Wildman–Crippen MR) is 103 cm³/mol. The van der Waals surface area contributed by atoms with Crippen molar-refractivity contribution in [2.24, 2.45) is 5.92 Å². The monoisotopic (exact) mass is 343 g/mol. The maximum Gasteiger partial charge on any atom is 0.223 e. The molecule has 0 bridgehead atoms. The van der Waals surface area contributed by atoms with E-state index in [1.807, 2.05) is 0 Å². The third-order valence-corrected chi connectivity index (χ3v) is 5.86. The molecule has 1 saturated carbocycles. The Kier molecular flexibility index (Phi) is 6.88. The van der Waals surface area contributed by atoms with Crippen LogP contribution in [0.5, 0.6) is 0 Å². The van der Waals surface area contributed by atoms with Crippen LogP contribution in [0.4, 0.5) is 0 Å². The molecule has 1 unspecified atom stereocenters. The highest BCUT2D eigenvalue weighted by Crippen LogP contribution is 2.23. The number of amides is 1. The van der Waals surface area contributed by atoms with Crippen LogP contribution >= 0.6 is 0 Å². The Labute approximate surface area is 152 Å². The molecule has 4 nitrogen and oxygen atoms in total. The van der Waals surface area contributed by atoms with Gasteiger partial charge in [-0.25, -0.2) is 0 Å². The van der Waals surface area contributed by atoms with E-state index >= 15 is 0 Å². The molecule has 25 heavy (non-hydrogen) atoms. The van der Waals surface area contributed by atoms with Crippen LogP contribution in [0.1, 0.15) is 37.7 Å². The van der Waals surface area contributed by atoms with Crippen molar-refractivity contribution < 1.29 is 4.79 Å². The second-order valence-electron chi connectivity index (χ2n) is 7.76. The number of likely N-dealkylation sites (N-methyl/N-ethyl adjacent to an activating group) is 1. The van der Waals surface area contributed by atoms with E-state index in [0.717, 1.165) is 52.0 Å². The summed E-state index contributed by atoms with van der Waals surface area (Å²) in [5, 5.41) is 3.29. The summed E-state index contributed by atoms with van der Waals surface area (Å²) in [5.74, 6) is 0.533. The number of benzene rings is 1. The highest BCUT2D eigenvalue weighted by Gasteiger charge is 2.25. The first-order chi connectivity index (χ1) is 12.2. The molecule has 1 aliphatic carbocycles. The Morgan fingerprint density at radius 2 is 1.76 bits per heavy atom. The molecule has 3 rings (SSSR count). The number of nitrogens with zero attached hydrogens (tertiary/aromatic N) is 2.